The topological polar surface area (TPSA) is 38.0 Å². The first kappa shape index (κ1) is 12.9. The van der Waals surface area contributed by atoms with Gasteiger partial charge in [0.05, 0.1) is 12.3 Å². The molecule has 96 valence electrons. The van der Waals surface area contributed by atoms with Crippen LogP contribution in [0.4, 0.5) is 0 Å². The largest absolute Gasteiger partial charge is 0.391 e. The van der Waals surface area contributed by atoms with Crippen molar-refractivity contribution < 1.29 is 5.11 Å². The second-order valence-electron chi connectivity index (χ2n) is 4.87. The van der Waals surface area contributed by atoms with Crippen LogP contribution < -0.4 is 0 Å². The van der Waals surface area contributed by atoms with Crippen molar-refractivity contribution >= 4 is 11.6 Å². The van der Waals surface area contributed by atoms with Gasteiger partial charge in [0.25, 0.3) is 0 Å². The standard InChI is InChI=1S/C13H21ClN2O/c1-2-3-8-16-13(14)11(9-17)12(15-16)10-6-4-5-7-10/h10,17H,2-9H2,1H3. The van der Waals surface area contributed by atoms with Gasteiger partial charge in [-0.15, -0.1) is 0 Å². The van der Waals surface area contributed by atoms with E-state index in [-0.39, 0.29) is 6.61 Å². The zero-order chi connectivity index (χ0) is 12.3. The summed E-state index contributed by atoms with van der Waals surface area (Å²) in [5.41, 5.74) is 1.90. The van der Waals surface area contributed by atoms with Crippen LogP contribution >= 0.6 is 11.6 Å². The first-order chi connectivity index (χ1) is 8.27. The van der Waals surface area contributed by atoms with Crippen molar-refractivity contribution in [1.82, 2.24) is 9.78 Å². The highest BCUT2D eigenvalue weighted by Gasteiger charge is 2.25. The van der Waals surface area contributed by atoms with E-state index >= 15 is 0 Å². The molecule has 0 atom stereocenters. The average Bonchev–Trinajstić information content (AvgIpc) is 2.94. The Morgan fingerprint density at radius 2 is 2.12 bits per heavy atom. The normalized spacial score (nSPS) is 16.9. The summed E-state index contributed by atoms with van der Waals surface area (Å²) in [5.74, 6) is 0.512. The van der Waals surface area contributed by atoms with E-state index in [1.807, 2.05) is 4.68 Å². The molecule has 17 heavy (non-hydrogen) atoms. The minimum Gasteiger partial charge on any atom is -0.391 e. The number of hydrogen-bond acceptors (Lipinski definition) is 2. The van der Waals surface area contributed by atoms with E-state index < -0.39 is 0 Å². The van der Waals surface area contributed by atoms with Crippen LogP contribution in [0.15, 0.2) is 0 Å². The Kier molecular flexibility index (Phi) is 4.46. The number of unbranched alkanes of at least 4 members (excludes halogenated alkanes) is 1. The van der Waals surface area contributed by atoms with Crippen molar-refractivity contribution in [1.29, 1.82) is 0 Å². The number of aliphatic hydroxyl groups excluding tert-OH is 1. The highest BCUT2D eigenvalue weighted by Crippen LogP contribution is 2.37. The minimum atomic E-state index is 0.0107. The summed E-state index contributed by atoms with van der Waals surface area (Å²) in [6.45, 7) is 3.02. The van der Waals surface area contributed by atoms with Gasteiger partial charge in [-0.1, -0.05) is 37.8 Å². The molecule has 1 fully saturated rings. The maximum Gasteiger partial charge on any atom is 0.132 e. The highest BCUT2D eigenvalue weighted by atomic mass is 35.5. The lowest BCUT2D eigenvalue weighted by molar-refractivity contribution is 0.280. The van der Waals surface area contributed by atoms with Crippen molar-refractivity contribution in [2.24, 2.45) is 0 Å². The Bertz CT molecular complexity index is 370. The van der Waals surface area contributed by atoms with Crippen LogP contribution in [0.25, 0.3) is 0 Å². The molecule has 0 aromatic carbocycles. The van der Waals surface area contributed by atoms with Crippen molar-refractivity contribution in [3.63, 3.8) is 0 Å². The number of aliphatic hydroxyl groups is 1. The molecule has 1 aliphatic carbocycles. The Morgan fingerprint density at radius 3 is 2.71 bits per heavy atom. The molecule has 0 radical (unpaired) electrons. The van der Waals surface area contributed by atoms with Gasteiger partial charge in [-0.25, -0.2) is 0 Å². The first-order valence-corrected chi connectivity index (χ1v) is 7.01. The quantitative estimate of drug-likeness (QED) is 0.876. The summed E-state index contributed by atoms with van der Waals surface area (Å²) in [4.78, 5) is 0. The van der Waals surface area contributed by atoms with Crippen molar-refractivity contribution in [2.75, 3.05) is 0 Å². The third kappa shape index (κ3) is 2.66. The Morgan fingerprint density at radius 1 is 1.41 bits per heavy atom. The fraction of sp³-hybridized carbons (Fsp3) is 0.769. The summed E-state index contributed by atoms with van der Waals surface area (Å²) in [7, 11) is 0. The Balaban J connectivity index is 2.24. The number of nitrogens with zero attached hydrogens (tertiary/aromatic N) is 2. The van der Waals surface area contributed by atoms with Crippen LogP contribution in [0.5, 0.6) is 0 Å². The summed E-state index contributed by atoms with van der Waals surface area (Å²) >= 11 is 6.28. The predicted octanol–water partition coefficient (Wildman–Crippen LogP) is 3.49. The summed E-state index contributed by atoms with van der Waals surface area (Å²) in [5, 5.41) is 14.7. The zero-order valence-electron chi connectivity index (χ0n) is 10.5. The van der Waals surface area contributed by atoms with E-state index in [2.05, 4.69) is 12.0 Å². The lowest BCUT2D eigenvalue weighted by Crippen LogP contribution is -2.02. The third-order valence-corrected chi connectivity index (χ3v) is 4.06. The molecular weight excluding hydrogens is 236 g/mol. The maximum absolute atomic E-state index is 9.46. The second kappa shape index (κ2) is 5.87. The van der Waals surface area contributed by atoms with E-state index in [0.29, 0.717) is 11.1 Å². The molecule has 1 aliphatic rings. The van der Waals surface area contributed by atoms with Gasteiger partial charge in [0, 0.05) is 18.0 Å². The SMILES string of the molecule is CCCCn1nc(C2CCCC2)c(CO)c1Cl. The number of aromatic nitrogens is 2. The Hall–Kier alpha value is -0.540. The van der Waals surface area contributed by atoms with Gasteiger partial charge in [0.15, 0.2) is 0 Å². The van der Waals surface area contributed by atoms with Gasteiger partial charge in [0.2, 0.25) is 0 Å². The smallest absolute Gasteiger partial charge is 0.132 e. The van der Waals surface area contributed by atoms with Crippen molar-refractivity contribution in [2.45, 2.75) is 64.5 Å². The summed E-state index contributed by atoms with van der Waals surface area (Å²) in [6.07, 6.45) is 7.13. The molecule has 4 heteroatoms. The van der Waals surface area contributed by atoms with Gasteiger partial charge in [-0.05, 0) is 19.3 Å². The van der Waals surface area contributed by atoms with Gasteiger partial charge < -0.3 is 5.11 Å². The predicted molar refractivity (Wildman–Crippen MR) is 69.3 cm³/mol. The lowest BCUT2D eigenvalue weighted by Gasteiger charge is -2.06. The molecule has 3 nitrogen and oxygen atoms in total. The third-order valence-electron chi connectivity index (χ3n) is 3.64. The van der Waals surface area contributed by atoms with Crippen molar-refractivity contribution in [3.05, 3.63) is 16.4 Å². The van der Waals surface area contributed by atoms with Crippen LogP contribution in [-0.4, -0.2) is 14.9 Å². The lowest BCUT2D eigenvalue weighted by atomic mass is 10.0. The summed E-state index contributed by atoms with van der Waals surface area (Å²) in [6, 6.07) is 0. The Labute approximate surface area is 108 Å². The molecular formula is C13H21ClN2O. The molecule has 1 N–H and O–H groups in total. The molecule has 0 unspecified atom stereocenters. The van der Waals surface area contributed by atoms with Crippen LogP contribution in [-0.2, 0) is 13.2 Å². The molecule has 1 saturated carbocycles. The number of rotatable bonds is 5. The molecule has 1 aromatic heterocycles. The fourth-order valence-electron chi connectivity index (χ4n) is 2.63. The molecule has 0 spiro atoms. The van der Waals surface area contributed by atoms with Gasteiger partial charge >= 0.3 is 0 Å². The van der Waals surface area contributed by atoms with E-state index in [1.165, 1.54) is 25.7 Å². The molecule has 0 bridgehead atoms. The molecule has 1 heterocycles. The van der Waals surface area contributed by atoms with Gasteiger partial charge in [0.1, 0.15) is 5.15 Å². The van der Waals surface area contributed by atoms with Crippen molar-refractivity contribution in [3.8, 4) is 0 Å². The van der Waals surface area contributed by atoms with E-state index in [9.17, 15) is 5.11 Å². The van der Waals surface area contributed by atoms with Crippen LogP contribution in [0.1, 0.15) is 62.6 Å². The van der Waals surface area contributed by atoms with E-state index in [4.69, 9.17) is 11.6 Å². The van der Waals surface area contributed by atoms with E-state index in [1.54, 1.807) is 0 Å². The van der Waals surface area contributed by atoms with Gasteiger partial charge in [-0.2, -0.15) is 5.10 Å². The summed E-state index contributed by atoms with van der Waals surface area (Å²) < 4.78 is 1.87. The molecule has 0 amide bonds. The van der Waals surface area contributed by atoms with Crippen LogP contribution in [0.3, 0.4) is 0 Å². The van der Waals surface area contributed by atoms with Gasteiger partial charge in [-0.3, -0.25) is 4.68 Å². The minimum absolute atomic E-state index is 0.0107. The average molecular weight is 257 g/mol. The van der Waals surface area contributed by atoms with Crippen LogP contribution in [0, 0.1) is 0 Å². The highest BCUT2D eigenvalue weighted by molar-refractivity contribution is 6.30. The second-order valence-corrected chi connectivity index (χ2v) is 5.23. The molecule has 0 saturated heterocycles. The maximum atomic E-state index is 9.46. The monoisotopic (exact) mass is 256 g/mol. The first-order valence-electron chi connectivity index (χ1n) is 6.63. The zero-order valence-corrected chi connectivity index (χ0v) is 11.2. The van der Waals surface area contributed by atoms with E-state index in [0.717, 1.165) is 30.6 Å². The number of halogens is 1. The number of aryl methyl sites for hydroxylation is 1. The fourth-order valence-corrected chi connectivity index (χ4v) is 2.90. The number of hydrogen-bond donors (Lipinski definition) is 1. The molecule has 2 rings (SSSR count). The van der Waals surface area contributed by atoms with Crippen LogP contribution in [0.2, 0.25) is 5.15 Å². The molecule has 0 aliphatic heterocycles. The molecule has 1 aromatic rings.